The number of aliphatic hydroxyl groups excluding tert-OH is 1. The summed E-state index contributed by atoms with van der Waals surface area (Å²) in [6, 6.07) is 0.129. The van der Waals surface area contributed by atoms with Gasteiger partial charge < -0.3 is 10.2 Å². The number of rotatable bonds is 3. The molecule has 76 valence electrons. The molecule has 0 unspecified atom stereocenters. The van der Waals surface area contributed by atoms with Gasteiger partial charge in [0, 0.05) is 0 Å². The summed E-state index contributed by atoms with van der Waals surface area (Å²) in [5.41, 5.74) is 0.517. The van der Waals surface area contributed by atoms with Crippen LogP contribution in [0.2, 0.25) is 0 Å². The van der Waals surface area contributed by atoms with Crippen LogP contribution in [0.4, 0.5) is 0 Å². The van der Waals surface area contributed by atoms with Gasteiger partial charge in [0.25, 0.3) is 0 Å². The summed E-state index contributed by atoms with van der Waals surface area (Å²) in [5, 5.41) is 25.0. The fourth-order valence-corrected chi connectivity index (χ4v) is 1.57. The number of carboxylic acid groups (broad SMARTS) is 1. The molecule has 0 atom stereocenters. The summed E-state index contributed by atoms with van der Waals surface area (Å²) < 4.78 is 1.63. The molecule has 2 N–H and O–H groups in total. The van der Waals surface area contributed by atoms with Crippen LogP contribution in [0.1, 0.15) is 24.6 Å². The number of aromatic nitrogens is 3. The molecule has 6 heteroatoms. The van der Waals surface area contributed by atoms with Crippen LogP contribution in [0.15, 0.2) is 6.20 Å². The molecule has 0 saturated heterocycles. The number of carbonyl (C=O) groups is 1. The van der Waals surface area contributed by atoms with E-state index < -0.39 is 5.97 Å². The van der Waals surface area contributed by atoms with E-state index in [-0.39, 0.29) is 18.6 Å². The van der Waals surface area contributed by atoms with Gasteiger partial charge in [0.1, 0.15) is 5.69 Å². The van der Waals surface area contributed by atoms with E-state index in [1.165, 1.54) is 0 Å². The van der Waals surface area contributed by atoms with Crippen molar-refractivity contribution in [1.29, 1.82) is 0 Å². The minimum atomic E-state index is -0.747. The summed E-state index contributed by atoms with van der Waals surface area (Å²) >= 11 is 0. The Morgan fingerprint density at radius 1 is 1.64 bits per heavy atom. The maximum absolute atomic E-state index is 10.5. The van der Waals surface area contributed by atoms with Crippen molar-refractivity contribution >= 4 is 5.97 Å². The molecule has 6 nitrogen and oxygen atoms in total. The van der Waals surface area contributed by atoms with E-state index in [1.54, 1.807) is 10.9 Å². The molecule has 0 spiro atoms. The van der Waals surface area contributed by atoms with Crippen LogP contribution in [-0.4, -0.2) is 31.2 Å². The third-order valence-electron chi connectivity index (χ3n) is 2.56. The van der Waals surface area contributed by atoms with Crippen molar-refractivity contribution in [3.05, 3.63) is 11.9 Å². The Kier molecular flexibility index (Phi) is 2.20. The second kappa shape index (κ2) is 3.38. The summed E-state index contributed by atoms with van der Waals surface area (Å²) in [4.78, 5) is 10.5. The highest BCUT2D eigenvalue weighted by Crippen LogP contribution is 2.37. The number of carboxylic acids is 1. The molecular formula is C8H11N3O3. The van der Waals surface area contributed by atoms with Crippen molar-refractivity contribution in [2.24, 2.45) is 5.92 Å². The zero-order valence-electron chi connectivity index (χ0n) is 7.50. The Morgan fingerprint density at radius 2 is 2.36 bits per heavy atom. The summed E-state index contributed by atoms with van der Waals surface area (Å²) in [6.07, 6.45) is 2.86. The topological polar surface area (TPSA) is 88.2 Å². The van der Waals surface area contributed by atoms with Crippen molar-refractivity contribution in [2.45, 2.75) is 25.5 Å². The molecule has 1 aliphatic carbocycles. The predicted octanol–water partition coefficient (Wildman–Crippen LogP) is -0.194. The molecule has 2 rings (SSSR count). The summed E-state index contributed by atoms with van der Waals surface area (Å²) in [5.74, 6) is -0.995. The minimum absolute atomic E-state index is 0.129. The van der Waals surface area contributed by atoms with Gasteiger partial charge in [0.05, 0.1) is 24.8 Å². The van der Waals surface area contributed by atoms with Crippen LogP contribution in [0.5, 0.6) is 0 Å². The molecule has 0 bridgehead atoms. The molecule has 1 saturated carbocycles. The Balaban J connectivity index is 1.96. The van der Waals surface area contributed by atoms with Gasteiger partial charge in [-0.3, -0.25) is 4.79 Å². The van der Waals surface area contributed by atoms with Gasteiger partial charge in [0.2, 0.25) is 0 Å². The zero-order valence-corrected chi connectivity index (χ0v) is 7.50. The lowest BCUT2D eigenvalue weighted by Crippen LogP contribution is -2.32. The number of aliphatic hydroxyl groups is 1. The first kappa shape index (κ1) is 9.14. The lowest BCUT2D eigenvalue weighted by molar-refractivity contribution is -0.146. The SMILES string of the molecule is O=C(O)C1CC(n2cc(CO)nn2)C1. The van der Waals surface area contributed by atoms with Crippen molar-refractivity contribution < 1.29 is 15.0 Å². The van der Waals surface area contributed by atoms with Crippen LogP contribution in [-0.2, 0) is 11.4 Å². The van der Waals surface area contributed by atoms with Crippen LogP contribution >= 0.6 is 0 Å². The average Bonchev–Trinajstić information content (AvgIpc) is 2.49. The van der Waals surface area contributed by atoms with Gasteiger partial charge in [-0.05, 0) is 12.8 Å². The van der Waals surface area contributed by atoms with Crippen molar-refractivity contribution in [3.63, 3.8) is 0 Å². The fourth-order valence-electron chi connectivity index (χ4n) is 1.57. The van der Waals surface area contributed by atoms with Gasteiger partial charge >= 0.3 is 5.97 Å². The van der Waals surface area contributed by atoms with Crippen LogP contribution in [0.3, 0.4) is 0 Å². The first-order chi connectivity index (χ1) is 6.70. The highest BCUT2D eigenvalue weighted by Gasteiger charge is 2.36. The minimum Gasteiger partial charge on any atom is -0.481 e. The van der Waals surface area contributed by atoms with Gasteiger partial charge in [-0.1, -0.05) is 5.21 Å². The highest BCUT2D eigenvalue weighted by molar-refractivity contribution is 5.71. The van der Waals surface area contributed by atoms with E-state index in [9.17, 15) is 4.79 Å². The molecule has 1 fully saturated rings. The summed E-state index contributed by atoms with van der Waals surface area (Å²) in [6.45, 7) is -0.130. The first-order valence-corrected chi connectivity index (χ1v) is 4.45. The zero-order chi connectivity index (χ0) is 10.1. The van der Waals surface area contributed by atoms with Crippen LogP contribution in [0, 0.1) is 5.92 Å². The smallest absolute Gasteiger partial charge is 0.306 e. The molecule has 1 heterocycles. The van der Waals surface area contributed by atoms with E-state index in [0.717, 1.165) is 0 Å². The van der Waals surface area contributed by atoms with Crippen molar-refractivity contribution in [1.82, 2.24) is 15.0 Å². The van der Waals surface area contributed by atoms with Crippen molar-refractivity contribution in [2.75, 3.05) is 0 Å². The number of aliphatic carboxylic acids is 1. The monoisotopic (exact) mass is 197 g/mol. The predicted molar refractivity (Wildman–Crippen MR) is 45.3 cm³/mol. The van der Waals surface area contributed by atoms with E-state index in [4.69, 9.17) is 10.2 Å². The normalized spacial score (nSPS) is 25.8. The molecule has 0 aromatic carbocycles. The molecule has 1 aliphatic rings. The lowest BCUT2D eigenvalue weighted by Gasteiger charge is -2.31. The van der Waals surface area contributed by atoms with Gasteiger partial charge in [-0.25, -0.2) is 4.68 Å². The quantitative estimate of drug-likeness (QED) is 0.700. The lowest BCUT2D eigenvalue weighted by atomic mass is 9.80. The number of nitrogens with zero attached hydrogens (tertiary/aromatic N) is 3. The highest BCUT2D eigenvalue weighted by atomic mass is 16.4. The maximum Gasteiger partial charge on any atom is 0.306 e. The Morgan fingerprint density at radius 3 is 2.86 bits per heavy atom. The third kappa shape index (κ3) is 1.48. The Labute approximate surface area is 80.2 Å². The Bertz CT molecular complexity index is 343. The number of hydrogen-bond acceptors (Lipinski definition) is 4. The van der Waals surface area contributed by atoms with E-state index in [2.05, 4.69) is 10.3 Å². The van der Waals surface area contributed by atoms with Crippen LogP contribution < -0.4 is 0 Å². The molecule has 0 aliphatic heterocycles. The second-order valence-corrected chi connectivity index (χ2v) is 3.51. The fraction of sp³-hybridized carbons (Fsp3) is 0.625. The van der Waals surface area contributed by atoms with Gasteiger partial charge in [-0.15, -0.1) is 5.10 Å². The largest absolute Gasteiger partial charge is 0.481 e. The second-order valence-electron chi connectivity index (χ2n) is 3.51. The molecular weight excluding hydrogens is 186 g/mol. The number of hydrogen-bond donors (Lipinski definition) is 2. The average molecular weight is 197 g/mol. The first-order valence-electron chi connectivity index (χ1n) is 4.45. The third-order valence-corrected chi connectivity index (χ3v) is 2.56. The molecule has 0 amide bonds. The Hall–Kier alpha value is -1.43. The van der Waals surface area contributed by atoms with Crippen molar-refractivity contribution in [3.8, 4) is 0 Å². The molecule has 0 radical (unpaired) electrons. The molecule has 1 aromatic heterocycles. The van der Waals surface area contributed by atoms with Gasteiger partial charge in [-0.2, -0.15) is 0 Å². The van der Waals surface area contributed by atoms with Gasteiger partial charge in [0.15, 0.2) is 0 Å². The van der Waals surface area contributed by atoms with Crippen LogP contribution in [0.25, 0.3) is 0 Å². The molecule has 1 aromatic rings. The molecule has 14 heavy (non-hydrogen) atoms. The standard InChI is InChI=1S/C8H11N3O3/c12-4-6-3-11(10-9-6)7-1-5(2-7)8(13)14/h3,5,7,12H,1-2,4H2,(H,13,14). The maximum atomic E-state index is 10.5. The summed E-state index contributed by atoms with van der Waals surface area (Å²) in [7, 11) is 0. The van der Waals surface area contributed by atoms with E-state index >= 15 is 0 Å². The van der Waals surface area contributed by atoms with E-state index in [0.29, 0.717) is 18.5 Å². The van der Waals surface area contributed by atoms with E-state index in [1.807, 2.05) is 0 Å².